The fourth-order valence-electron chi connectivity index (χ4n) is 3.96. The van der Waals surface area contributed by atoms with E-state index in [1.165, 1.54) is 10.7 Å². The summed E-state index contributed by atoms with van der Waals surface area (Å²) >= 11 is 0. The molecule has 9 nitrogen and oxygen atoms in total. The molecule has 0 saturated carbocycles. The van der Waals surface area contributed by atoms with Crippen molar-refractivity contribution in [3.05, 3.63) is 52.9 Å². The Bertz CT molecular complexity index is 1200. The van der Waals surface area contributed by atoms with Crippen LogP contribution in [0.25, 0.3) is 11.3 Å². The molecule has 1 amide bonds. The summed E-state index contributed by atoms with van der Waals surface area (Å²) < 4.78 is 34.3. The van der Waals surface area contributed by atoms with Crippen LogP contribution in [0.1, 0.15) is 44.1 Å². The van der Waals surface area contributed by atoms with Crippen LogP contribution in [0.15, 0.2) is 24.3 Å². The van der Waals surface area contributed by atoms with Crippen molar-refractivity contribution >= 4 is 11.7 Å². The smallest absolute Gasteiger partial charge is 0.243 e. The number of aromatic amines is 1. The summed E-state index contributed by atoms with van der Waals surface area (Å²) in [7, 11) is 0. The van der Waals surface area contributed by atoms with Gasteiger partial charge >= 0.3 is 0 Å². The third kappa shape index (κ3) is 4.86. The predicted molar refractivity (Wildman–Crippen MR) is 121 cm³/mol. The molecule has 2 atom stereocenters. The predicted octanol–water partition coefficient (Wildman–Crippen LogP) is 3.02. The molecule has 1 aliphatic rings. The lowest BCUT2D eigenvalue weighted by Gasteiger charge is -2.32. The number of amides is 1. The third-order valence-electron chi connectivity index (χ3n) is 5.67. The van der Waals surface area contributed by atoms with Crippen molar-refractivity contribution in [1.82, 2.24) is 25.3 Å². The molecule has 4 rings (SSSR count). The van der Waals surface area contributed by atoms with Gasteiger partial charge in [-0.3, -0.25) is 15.2 Å². The van der Waals surface area contributed by atoms with Crippen LogP contribution in [0, 0.1) is 24.0 Å². The van der Waals surface area contributed by atoms with Crippen molar-refractivity contribution in [2.24, 2.45) is 5.41 Å². The molecule has 0 bridgehead atoms. The van der Waals surface area contributed by atoms with Crippen molar-refractivity contribution < 1.29 is 23.4 Å². The van der Waals surface area contributed by atoms with Crippen LogP contribution >= 0.6 is 0 Å². The fraction of sp³-hybridized carbons (Fsp3) is 0.435. The monoisotopic (exact) mass is 474 g/mol. The van der Waals surface area contributed by atoms with Crippen LogP contribution < -0.4 is 10.6 Å². The van der Waals surface area contributed by atoms with Gasteiger partial charge in [0.05, 0.1) is 30.6 Å². The highest BCUT2D eigenvalue weighted by molar-refractivity contribution is 5.94. The van der Waals surface area contributed by atoms with Crippen LogP contribution in [0.5, 0.6) is 0 Å². The van der Waals surface area contributed by atoms with E-state index in [-0.39, 0.29) is 12.5 Å². The highest BCUT2D eigenvalue weighted by Crippen LogP contribution is 2.31. The average Bonchev–Trinajstić information content (AvgIpc) is 3.36. The molecule has 0 aliphatic carbocycles. The molecule has 0 spiro atoms. The Morgan fingerprint density at radius 1 is 1.26 bits per heavy atom. The lowest BCUT2D eigenvalue weighted by molar-refractivity contribution is -0.123. The number of carbonyl (C=O) groups is 1. The summed E-state index contributed by atoms with van der Waals surface area (Å²) in [5.41, 5.74) is 2.36. The SMILES string of the molecule is Cc1cc(NC(=O)C(NC(O)n2nc(-c3ccc(F)c(F)c3)c3c2CCOC3)C(C)(C)C)n[nH]1. The number of aliphatic hydroxyl groups excluding tert-OH is 1. The van der Waals surface area contributed by atoms with Gasteiger partial charge in [0.1, 0.15) is 0 Å². The van der Waals surface area contributed by atoms with E-state index in [0.29, 0.717) is 41.4 Å². The number of fused-ring (bicyclic) bond motifs is 1. The van der Waals surface area contributed by atoms with Gasteiger partial charge in [0.25, 0.3) is 0 Å². The molecule has 4 N–H and O–H groups in total. The summed E-state index contributed by atoms with van der Waals surface area (Å²) in [5, 5.41) is 28.1. The van der Waals surface area contributed by atoms with E-state index in [2.05, 4.69) is 25.9 Å². The first-order valence-corrected chi connectivity index (χ1v) is 10.9. The van der Waals surface area contributed by atoms with Crippen molar-refractivity contribution in [2.75, 3.05) is 11.9 Å². The minimum atomic E-state index is -1.36. The Morgan fingerprint density at radius 3 is 2.68 bits per heavy atom. The molecule has 2 aromatic heterocycles. The zero-order valence-electron chi connectivity index (χ0n) is 19.4. The first kappa shape index (κ1) is 24.0. The van der Waals surface area contributed by atoms with Crippen LogP contribution in [-0.2, 0) is 22.6 Å². The van der Waals surface area contributed by atoms with Crippen molar-refractivity contribution in [3.8, 4) is 11.3 Å². The van der Waals surface area contributed by atoms with E-state index in [1.54, 1.807) is 6.07 Å². The fourth-order valence-corrected chi connectivity index (χ4v) is 3.96. The minimum Gasteiger partial charge on any atom is -0.376 e. The second-order valence-corrected chi connectivity index (χ2v) is 9.41. The highest BCUT2D eigenvalue weighted by atomic mass is 19.2. The average molecular weight is 475 g/mol. The van der Waals surface area contributed by atoms with Crippen molar-refractivity contribution in [3.63, 3.8) is 0 Å². The molecule has 2 unspecified atom stereocenters. The number of H-pyrrole nitrogens is 1. The van der Waals surface area contributed by atoms with Gasteiger partial charge < -0.3 is 15.2 Å². The van der Waals surface area contributed by atoms with Gasteiger partial charge in [-0.05, 0) is 30.5 Å². The lowest BCUT2D eigenvalue weighted by Crippen LogP contribution is -2.51. The van der Waals surface area contributed by atoms with Gasteiger partial charge in [-0.2, -0.15) is 10.2 Å². The molecule has 0 radical (unpaired) electrons. The molecule has 1 aromatic carbocycles. The van der Waals surface area contributed by atoms with Crippen LogP contribution in [0.3, 0.4) is 0 Å². The number of hydrogen-bond acceptors (Lipinski definition) is 6. The number of aryl methyl sites for hydroxylation is 1. The first-order valence-electron chi connectivity index (χ1n) is 10.9. The molecule has 1 aliphatic heterocycles. The lowest BCUT2D eigenvalue weighted by atomic mass is 9.86. The Kier molecular flexibility index (Phi) is 6.52. The first-order chi connectivity index (χ1) is 16.0. The molecular formula is C23H28F2N6O3. The number of nitrogens with one attached hydrogen (secondary N) is 3. The zero-order chi connectivity index (χ0) is 24.6. The van der Waals surface area contributed by atoms with Crippen LogP contribution in [0.2, 0.25) is 0 Å². The van der Waals surface area contributed by atoms with Crippen LogP contribution in [-0.4, -0.2) is 43.6 Å². The summed E-state index contributed by atoms with van der Waals surface area (Å²) in [6, 6.07) is 4.41. The van der Waals surface area contributed by atoms with Gasteiger partial charge in [-0.1, -0.05) is 20.8 Å². The van der Waals surface area contributed by atoms with Crippen molar-refractivity contribution in [2.45, 2.75) is 53.1 Å². The molecular weight excluding hydrogens is 446 g/mol. The molecule has 3 aromatic rings. The third-order valence-corrected chi connectivity index (χ3v) is 5.67. The van der Waals surface area contributed by atoms with E-state index in [1.807, 2.05) is 27.7 Å². The Labute approximate surface area is 195 Å². The topological polar surface area (TPSA) is 117 Å². The van der Waals surface area contributed by atoms with Gasteiger partial charge in [-0.15, -0.1) is 0 Å². The van der Waals surface area contributed by atoms with E-state index in [0.717, 1.165) is 17.8 Å². The maximum absolute atomic E-state index is 13.9. The van der Waals surface area contributed by atoms with Crippen LogP contribution in [0.4, 0.5) is 14.6 Å². The van der Waals surface area contributed by atoms with E-state index in [4.69, 9.17) is 4.74 Å². The van der Waals surface area contributed by atoms with Gasteiger partial charge in [0.2, 0.25) is 12.3 Å². The Balaban J connectivity index is 1.64. The number of carbonyl (C=O) groups excluding carboxylic acids is 1. The number of hydrogen-bond donors (Lipinski definition) is 4. The largest absolute Gasteiger partial charge is 0.376 e. The normalized spacial score (nSPS) is 15.6. The number of rotatable bonds is 6. The standard InChI is InChI=1S/C23H28F2N6O3/c1-12-9-18(29-28-12)26-21(32)20(23(2,3)4)27-22(33)31-17-7-8-34-11-14(17)19(30-31)13-5-6-15(24)16(25)10-13/h5-6,9-10,20,22,27,33H,7-8,11H2,1-4H3,(H2,26,28,29,32). The molecule has 182 valence electrons. The summed E-state index contributed by atoms with van der Waals surface area (Å²) in [6.45, 7) is 8.06. The quantitative estimate of drug-likeness (QED) is 0.408. The Hall–Kier alpha value is -3.15. The molecule has 11 heteroatoms. The minimum absolute atomic E-state index is 0.220. The molecule has 0 fully saturated rings. The molecule has 3 heterocycles. The zero-order valence-corrected chi connectivity index (χ0v) is 19.4. The highest BCUT2D eigenvalue weighted by Gasteiger charge is 2.35. The Morgan fingerprint density at radius 2 is 2.03 bits per heavy atom. The maximum Gasteiger partial charge on any atom is 0.243 e. The summed E-state index contributed by atoms with van der Waals surface area (Å²) in [4.78, 5) is 13.1. The van der Waals surface area contributed by atoms with Crippen molar-refractivity contribution in [1.29, 1.82) is 0 Å². The number of anilines is 1. The maximum atomic E-state index is 13.9. The van der Waals surface area contributed by atoms with Gasteiger partial charge in [-0.25, -0.2) is 13.5 Å². The molecule has 0 saturated heterocycles. The number of aromatic nitrogens is 4. The second kappa shape index (κ2) is 9.24. The van der Waals surface area contributed by atoms with E-state index in [9.17, 15) is 18.7 Å². The second-order valence-electron chi connectivity index (χ2n) is 9.41. The van der Waals surface area contributed by atoms with E-state index >= 15 is 0 Å². The summed E-state index contributed by atoms with van der Waals surface area (Å²) in [5.74, 6) is -1.94. The van der Waals surface area contributed by atoms with E-state index < -0.39 is 29.4 Å². The van der Waals surface area contributed by atoms with Gasteiger partial charge in [0, 0.05) is 29.3 Å². The number of benzene rings is 1. The number of nitrogens with zero attached hydrogens (tertiary/aromatic N) is 3. The molecule has 34 heavy (non-hydrogen) atoms. The van der Waals surface area contributed by atoms with Gasteiger partial charge in [0.15, 0.2) is 17.5 Å². The number of aliphatic hydroxyl groups is 1. The number of ether oxygens (including phenoxy) is 1. The summed E-state index contributed by atoms with van der Waals surface area (Å²) in [6.07, 6.45) is -0.897. The number of halogens is 2.